The Balaban J connectivity index is 1.44. The summed E-state index contributed by atoms with van der Waals surface area (Å²) in [7, 11) is 0. The molecule has 4 rings (SSSR count). The van der Waals surface area contributed by atoms with Crippen LogP contribution in [0, 0.1) is 6.92 Å². The molecule has 2 atom stereocenters. The van der Waals surface area contributed by atoms with Crippen LogP contribution in [0.3, 0.4) is 0 Å². The highest BCUT2D eigenvalue weighted by atomic mass is 16.6. The molecule has 0 aromatic carbocycles. The number of carbonyl (C=O) groups is 1. The van der Waals surface area contributed by atoms with E-state index in [4.69, 9.17) is 4.74 Å². The van der Waals surface area contributed by atoms with Gasteiger partial charge in [-0.15, -0.1) is 0 Å². The van der Waals surface area contributed by atoms with Gasteiger partial charge in [0.25, 0.3) is 0 Å². The summed E-state index contributed by atoms with van der Waals surface area (Å²) >= 11 is 0. The fraction of sp³-hybridized carbons (Fsp3) is 0.500. The average molecular weight is 341 g/mol. The van der Waals surface area contributed by atoms with Crippen LogP contribution in [0.15, 0.2) is 30.6 Å². The molecule has 132 valence electrons. The van der Waals surface area contributed by atoms with E-state index in [1.807, 2.05) is 34.0 Å². The Labute approximate surface area is 147 Å². The van der Waals surface area contributed by atoms with Gasteiger partial charge in [0.05, 0.1) is 24.5 Å². The number of amides is 1. The monoisotopic (exact) mass is 341 g/mol. The van der Waals surface area contributed by atoms with Crippen LogP contribution in [-0.4, -0.2) is 55.9 Å². The molecule has 0 radical (unpaired) electrons. The molecule has 7 nitrogen and oxygen atoms in total. The fourth-order valence-electron chi connectivity index (χ4n) is 3.76. The van der Waals surface area contributed by atoms with Gasteiger partial charge in [-0.25, -0.2) is 4.79 Å². The SMILES string of the molecule is CCn1ncc(CN2C[C@H]3OC(=O)N(Cc4ccccn4)[C@H]3C2)c1C. The minimum absolute atomic E-state index is 0.0576. The number of aryl methyl sites for hydroxylation is 1. The number of aromatic nitrogens is 3. The first-order valence-corrected chi connectivity index (χ1v) is 8.76. The molecular weight excluding hydrogens is 318 g/mol. The molecule has 25 heavy (non-hydrogen) atoms. The molecule has 0 spiro atoms. The van der Waals surface area contributed by atoms with E-state index in [0.717, 1.165) is 31.9 Å². The van der Waals surface area contributed by atoms with E-state index in [1.54, 1.807) is 6.20 Å². The van der Waals surface area contributed by atoms with E-state index in [2.05, 4.69) is 28.8 Å². The zero-order valence-corrected chi connectivity index (χ0v) is 14.6. The van der Waals surface area contributed by atoms with Crippen molar-refractivity contribution in [3.63, 3.8) is 0 Å². The van der Waals surface area contributed by atoms with Crippen LogP contribution in [0.4, 0.5) is 4.79 Å². The Kier molecular flexibility index (Phi) is 4.17. The van der Waals surface area contributed by atoms with Crippen molar-refractivity contribution < 1.29 is 9.53 Å². The number of hydrogen-bond donors (Lipinski definition) is 0. The van der Waals surface area contributed by atoms with Crippen molar-refractivity contribution in [1.29, 1.82) is 0 Å². The fourth-order valence-corrected chi connectivity index (χ4v) is 3.76. The molecule has 0 unspecified atom stereocenters. The molecule has 7 heteroatoms. The first kappa shape index (κ1) is 16.1. The van der Waals surface area contributed by atoms with Gasteiger partial charge in [0.15, 0.2) is 0 Å². The molecule has 2 aliphatic rings. The van der Waals surface area contributed by atoms with Crippen molar-refractivity contribution >= 4 is 6.09 Å². The third kappa shape index (κ3) is 3.00. The summed E-state index contributed by atoms with van der Waals surface area (Å²) in [5.41, 5.74) is 3.34. The molecule has 2 aromatic heterocycles. The predicted octanol–water partition coefficient (Wildman–Crippen LogP) is 1.81. The summed E-state index contributed by atoms with van der Waals surface area (Å²) in [5, 5.41) is 4.42. The number of hydrogen-bond acceptors (Lipinski definition) is 5. The molecule has 4 heterocycles. The first-order chi connectivity index (χ1) is 12.2. The van der Waals surface area contributed by atoms with Gasteiger partial charge < -0.3 is 4.74 Å². The second kappa shape index (κ2) is 6.48. The van der Waals surface area contributed by atoms with Crippen LogP contribution >= 0.6 is 0 Å². The lowest BCUT2D eigenvalue weighted by Gasteiger charge is -2.22. The van der Waals surface area contributed by atoms with Crippen LogP contribution in [0.1, 0.15) is 23.9 Å². The second-order valence-electron chi connectivity index (χ2n) is 6.70. The maximum absolute atomic E-state index is 12.2. The van der Waals surface area contributed by atoms with Crippen molar-refractivity contribution in [3.8, 4) is 0 Å². The standard InChI is InChI=1S/C18H23N5O2/c1-3-23-13(2)14(8-20-23)9-21-11-16-17(12-21)25-18(24)22(16)10-15-6-4-5-7-19-15/h4-8,16-17H,3,9-12H2,1-2H3/t16-,17+/m0/s1. The highest BCUT2D eigenvalue weighted by Crippen LogP contribution is 2.29. The molecule has 0 aliphatic carbocycles. The number of nitrogens with zero attached hydrogens (tertiary/aromatic N) is 5. The van der Waals surface area contributed by atoms with Gasteiger partial charge in [0.2, 0.25) is 0 Å². The minimum Gasteiger partial charge on any atom is -0.442 e. The number of pyridine rings is 1. The molecule has 1 amide bonds. The zero-order chi connectivity index (χ0) is 17.4. The van der Waals surface area contributed by atoms with E-state index in [0.29, 0.717) is 6.54 Å². The summed E-state index contributed by atoms with van der Waals surface area (Å²) in [6, 6.07) is 5.85. The lowest BCUT2D eigenvalue weighted by molar-refractivity contribution is 0.119. The molecule has 2 aromatic rings. The highest BCUT2D eigenvalue weighted by Gasteiger charge is 2.47. The van der Waals surface area contributed by atoms with Crippen LogP contribution < -0.4 is 0 Å². The lowest BCUT2D eigenvalue weighted by atomic mass is 10.2. The third-order valence-electron chi connectivity index (χ3n) is 5.16. The van der Waals surface area contributed by atoms with Gasteiger partial charge in [-0.2, -0.15) is 5.10 Å². The van der Waals surface area contributed by atoms with Crippen LogP contribution in [-0.2, 0) is 24.4 Å². The smallest absolute Gasteiger partial charge is 0.410 e. The minimum atomic E-state index is -0.227. The van der Waals surface area contributed by atoms with E-state index in [9.17, 15) is 4.79 Å². The first-order valence-electron chi connectivity index (χ1n) is 8.76. The van der Waals surface area contributed by atoms with Gasteiger partial charge in [0.1, 0.15) is 6.10 Å². The molecule has 2 fully saturated rings. The third-order valence-corrected chi connectivity index (χ3v) is 5.16. The van der Waals surface area contributed by atoms with Crippen molar-refractivity contribution in [2.24, 2.45) is 0 Å². The summed E-state index contributed by atoms with van der Waals surface area (Å²) < 4.78 is 7.60. The average Bonchev–Trinajstić information content (AvgIpc) is 3.25. The van der Waals surface area contributed by atoms with Gasteiger partial charge in [-0.05, 0) is 26.0 Å². The molecular formula is C18H23N5O2. The summed E-state index contributed by atoms with van der Waals surface area (Å²) in [6.07, 6.45) is 3.42. The van der Waals surface area contributed by atoms with Gasteiger partial charge >= 0.3 is 6.09 Å². The normalized spacial score (nSPS) is 23.1. The van der Waals surface area contributed by atoms with E-state index < -0.39 is 0 Å². The number of ether oxygens (including phenoxy) is 1. The number of likely N-dealkylation sites (tertiary alicyclic amines) is 1. The Hall–Kier alpha value is -2.41. The summed E-state index contributed by atoms with van der Waals surface area (Å²) in [5.74, 6) is 0. The predicted molar refractivity (Wildman–Crippen MR) is 91.8 cm³/mol. The molecule has 0 bridgehead atoms. The van der Waals surface area contributed by atoms with Gasteiger partial charge in [-0.3, -0.25) is 19.5 Å². The Bertz CT molecular complexity index is 760. The number of rotatable bonds is 5. The summed E-state index contributed by atoms with van der Waals surface area (Å²) in [4.78, 5) is 20.7. The van der Waals surface area contributed by atoms with Crippen molar-refractivity contribution in [1.82, 2.24) is 24.6 Å². The molecule has 2 saturated heterocycles. The van der Waals surface area contributed by atoms with Crippen LogP contribution in [0.25, 0.3) is 0 Å². The summed E-state index contributed by atoms with van der Waals surface area (Å²) in [6.45, 7) is 8.02. The van der Waals surface area contributed by atoms with Crippen molar-refractivity contribution in [3.05, 3.63) is 47.5 Å². The maximum atomic E-state index is 12.2. The van der Waals surface area contributed by atoms with Crippen molar-refractivity contribution in [2.45, 2.75) is 45.6 Å². The Morgan fingerprint density at radius 2 is 2.16 bits per heavy atom. The maximum Gasteiger partial charge on any atom is 0.410 e. The number of fused-ring (bicyclic) bond motifs is 1. The Morgan fingerprint density at radius 1 is 1.28 bits per heavy atom. The van der Waals surface area contributed by atoms with Gasteiger partial charge in [0, 0.05) is 43.6 Å². The van der Waals surface area contributed by atoms with Gasteiger partial charge in [-0.1, -0.05) is 6.07 Å². The lowest BCUT2D eigenvalue weighted by Crippen LogP contribution is -2.37. The van der Waals surface area contributed by atoms with Crippen LogP contribution in [0.5, 0.6) is 0 Å². The van der Waals surface area contributed by atoms with E-state index in [1.165, 1.54) is 11.3 Å². The van der Waals surface area contributed by atoms with Crippen molar-refractivity contribution in [2.75, 3.05) is 13.1 Å². The zero-order valence-electron chi connectivity index (χ0n) is 14.6. The van der Waals surface area contributed by atoms with Crippen LogP contribution in [0.2, 0.25) is 0 Å². The van der Waals surface area contributed by atoms with E-state index >= 15 is 0 Å². The number of carbonyl (C=O) groups excluding carboxylic acids is 1. The second-order valence-corrected chi connectivity index (χ2v) is 6.70. The Morgan fingerprint density at radius 3 is 2.88 bits per heavy atom. The highest BCUT2D eigenvalue weighted by molar-refractivity contribution is 5.71. The topological polar surface area (TPSA) is 63.5 Å². The quantitative estimate of drug-likeness (QED) is 0.830. The molecule has 0 saturated carbocycles. The molecule has 0 N–H and O–H groups in total. The molecule has 2 aliphatic heterocycles. The van der Waals surface area contributed by atoms with E-state index in [-0.39, 0.29) is 18.2 Å². The largest absolute Gasteiger partial charge is 0.442 e.